The van der Waals surface area contributed by atoms with Gasteiger partial charge in [0.2, 0.25) is 5.91 Å². The number of aryl methyl sites for hydroxylation is 2. The first-order valence-corrected chi connectivity index (χ1v) is 11.3. The largest absolute Gasteiger partial charge is 0.350 e. The standard InChI is InChI=1S/C23H23ClN2O3S/c1-17-7-6-8-19(13-17)15-25-23(27)16-26(20-12-11-18(2)22(24)14-20)30(28,29)21-9-4-3-5-10-21/h3-14H,15-16H2,1-2H3,(H,25,27). The van der Waals surface area contributed by atoms with Crippen molar-refractivity contribution in [1.82, 2.24) is 5.32 Å². The third kappa shape index (κ3) is 5.20. The van der Waals surface area contributed by atoms with Gasteiger partial charge in [-0.2, -0.15) is 0 Å². The van der Waals surface area contributed by atoms with Crippen molar-refractivity contribution in [2.45, 2.75) is 25.3 Å². The van der Waals surface area contributed by atoms with Crippen LogP contribution in [0.25, 0.3) is 0 Å². The van der Waals surface area contributed by atoms with E-state index in [2.05, 4.69) is 5.32 Å². The first kappa shape index (κ1) is 21.9. The molecular formula is C23H23ClN2O3S. The second-order valence-corrected chi connectivity index (χ2v) is 9.29. The molecule has 0 bridgehead atoms. The predicted molar refractivity (Wildman–Crippen MR) is 120 cm³/mol. The van der Waals surface area contributed by atoms with E-state index in [4.69, 9.17) is 11.6 Å². The van der Waals surface area contributed by atoms with Gasteiger partial charge in [0.05, 0.1) is 10.6 Å². The number of hydrogen-bond acceptors (Lipinski definition) is 3. The van der Waals surface area contributed by atoms with Crippen LogP contribution in [-0.4, -0.2) is 20.9 Å². The molecule has 0 aliphatic heterocycles. The van der Waals surface area contributed by atoms with Crippen molar-refractivity contribution in [3.63, 3.8) is 0 Å². The second-order valence-electron chi connectivity index (χ2n) is 7.02. The zero-order valence-corrected chi connectivity index (χ0v) is 18.4. The van der Waals surface area contributed by atoms with E-state index in [9.17, 15) is 13.2 Å². The van der Waals surface area contributed by atoms with Crippen molar-refractivity contribution in [3.8, 4) is 0 Å². The summed E-state index contributed by atoms with van der Waals surface area (Å²) in [7, 11) is -3.95. The number of rotatable bonds is 7. The van der Waals surface area contributed by atoms with Crippen LogP contribution in [0.4, 0.5) is 5.69 Å². The van der Waals surface area contributed by atoms with Crippen LogP contribution in [0.3, 0.4) is 0 Å². The van der Waals surface area contributed by atoms with Crippen LogP contribution in [0.5, 0.6) is 0 Å². The summed E-state index contributed by atoms with van der Waals surface area (Å²) in [4.78, 5) is 12.8. The van der Waals surface area contributed by atoms with Crippen molar-refractivity contribution in [1.29, 1.82) is 0 Å². The van der Waals surface area contributed by atoms with Crippen molar-refractivity contribution < 1.29 is 13.2 Å². The molecule has 1 amide bonds. The summed E-state index contributed by atoms with van der Waals surface area (Å²) in [6, 6.07) is 20.7. The van der Waals surface area contributed by atoms with E-state index < -0.39 is 15.9 Å². The molecule has 30 heavy (non-hydrogen) atoms. The molecule has 5 nitrogen and oxygen atoms in total. The lowest BCUT2D eigenvalue weighted by atomic mass is 10.1. The first-order chi connectivity index (χ1) is 14.3. The molecular weight excluding hydrogens is 420 g/mol. The molecule has 0 radical (unpaired) electrons. The summed E-state index contributed by atoms with van der Waals surface area (Å²) in [6.45, 7) is 3.76. The van der Waals surface area contributed by atoms with Gasteiger partial charge < -0.3 is 5.32 Å². The average molecular weight is 443 g/mol. The van der Waals surface area contributed by atoms with Crippen LogP contribution in [0.1, 0.15) is 16.7 Å². The van der Waals surface area contributed by atoms with E-state index in [0.717, 1.165) is 21.0 Å². The van der Waals surface area contributed by atoms with Gasteiger partial charge in [-0.25, -0.2) is 8.42 Å². The Bertz CT molecular complexity index is 1150. The number of sulfonamides is 1. The van der Waals surface area contributed by atoms with Crippen LogP contribution in [0.15, 0.2) is 77.7 Å². The van der Waals surface area contributed by atoms with Crippen molar-refractivity contribution in [2.24, 2.45) is 0 Å². The van der Waals surface area contributed by atoms with Gasteiger partial charge in [-0.1, -0.05) is 65.7 Å². The van der Waals surface area contributed by atoms with Gasteiger partial charge in [-0.3, -0.25) is 9.10 Å². The maximum Gasteiger partial charge on any atom is 0.264 e. The number of carbonyl (C=O) groups excluding carboxylic acids is 1. The molecule has 3 rings (SSSR count). The highest BCUT2D eigenvalue weighted by molar-refractivity contribution is 7.92. The molecule has 0 aromatic heterocycles. The SMILES string of the molecule is Cc1cccc(CNC(=O)CN(c2ccc(C)c(Cl)c2)S(=O)(=O)c2ccccc2)c1. The van der Waals surface area contributed by atoms with E-state index in [-0.39, 0.29) is 11.4 Å². The van der Waals surface area contributed by atoms with Crippen molar-refractivity contribution >= 4 is 33.2 Å². The summed E-state index contributed by atoms with van der Waals surface area (Å²) in [5, 5.41) is 3.23. The molecule has 0 heterocycles. The summed E-state index contributed by atoms with van der Waals surface area (Å²) < 4.78 is 27.7. The Hall–Kier alpha value is -2.83. The average Bonchev–Trinajstić information content (AvgIpc) is 2.73. The molecule has 3 aromatic carbocycles. The van der Waals surface area contributed by atoms with Gasteiger partial charge in [0, 0.05) is 11.6 Å². The molecule has 0 spiro atoms. The normalized spacial score (nSPS) is 11.2. The van der Waals surface area contributed by atoms with E-state index in [1.165, 1.54) is 12.1 Å². The topological polar surface area (TPSA) is 66.5 Å². The smallest absolute Gasteiger partial charge is 0.264 e. The molecule has 0 atom stereocenters. The van der Waals surface area contributed by atoms with Gasteiger partial charge in [0.15, 0.2) is 0 Å². The third-order valence-corrected chi connectivity index (χ3v) is 6.83. The Morgan fingerprint density at radius 2 is 1.70 bits per heavy atom. The van der Waals surface area contributed by atoms with Gasteiger partial charge in [0.1, 0.15) is 6.54 Å². The van der Waals surface area contributed by atoms with E-state index in [0.29, 0.717) is 17.3 Å². The van der Waals surface area contributed by atoms with Crippen LogP contribution in [0, 0.1) is 13.8 Å². The molecule has 0 aliphatic rings. The first-order valence-electron chi connectivity index (χ1n) is 9.43. The van der Waals surface area contributed by atoms with Crippen molar-refractivity contribution in [3.05, 3.63) is 94.5 Å². The Balaban J connectivity index is 1.87. The number of benzene rings is 3. The zero-order chi connectivity index (χ0) is 21.7. The number of anilines is 1. The molecule has 156 valence electrons. The molecule has 1 N–H and O–H groups in total. The summed E-state index contributed by atoms with van der Waals surface area (Å²) in [6.07, 6.45) is 0. The van der Waals surface area contributed by atoms with E-state index >= 15 is 0 Å². The Kier molecular flexibility index (Phi) is 6.80. The van der Waals surface area contributed by atoms with Crippen LogP contribution < -0.4 is 9.62 Å². The quantitative estimate of drug-likeness (QED) is 0.587. The molecule has 0 unspecified atom stereocenters. The molecule has 0 fully saturated rings. The maximum absolute atomic E-state index is 13.3. The van der Waals surface area contributed by atoms with Crippen LogP contribution in [-0.2, 0) is 21.4 Å². The van der Waals surface area contributed by atoms with E-state index in [1.807, 2.05) is 38.1 Å². The number of nitrogens with one attached hydrogen (secondary N) is 1. The van der Waals surface area contributed by atoms with Gasteiger partial charge in [0.25, 0.3) is 10.0 Å². The molecule has 7 heteroatoms. The minimum absolute atomic E-state index is 0.105. The zero-order valence-electron chi connectivity index (χ0n) is 16.8. The van der Waals surface area contributed by atoms with Crippen molar-refractivity contribution in [2.75, 3.05) is 10.8 Å². The Morgan fingerprint density at radius 3 is 2.37 bits per heavy atom. The van der Waals surface area contributed by atoms with Gasteiger partial charge in [-0.15, -0.1) is 0 Å². The monoisotopic (exact) mass is 442 g/mol. The minimum atomic E-state index is -3.95. The number of nitrogens with zero attached hydrogens (tertiary/aromatic N) is 1. The lowest BCUT2D eigenvalue weighted by Gasteiger charge is -2.24. The van der Waals surface area contributed by atoms with Crippen LogP contribution >= 0.6 is 11.6 Å². The molecule has 0 saturated heterocycles. The predicted octanol–water partition coefficient (Wildman–Crippen LogP) is 4.47. The van der Waals surface area contributed by atoms with Gasteiger partial charge in [-0.05, 0) is 49.2 Å². The molecule has 3 aromatic rings. The lowest BCUT2D eigenvalue weighted by Crippen LogP contribution is -2.40. The Morgan fingerprint density at radius 1 is 0.967 bits per heavy atom. The molecule has 0 aliphatic carbocycles. The minimum Gasteiger partial charge on any atom is -0.350 e. The highest BCUT2D eigenvalue weighted by Crippen LogP contribution is 2.27. The third-order valence-electron chi connectivity index (χ3n) is 4.63. The summed E-state index contributed by atoms with van der Waals surface area (Å²) in [5.41, 5.74) is 3.19. The summed E-state index contributed by atoms with van der Waals surface area (Å²) in [5.74, 6) is -0.410. The second kappa shape index (κ2) is 9.32. The number of amides is 1. The fourth-order valence-electron chi connectivity index (χ4n) is 2.98. The maximum atomic E-state index is 13.3. The fraction of sp³-hybridized carbons (Fsp3) is 0.174. The molecule has 0 saturated carbocycles. The highest BCUT2D eigenvalue weighted by atomic mass is 35.5. The van der Waals surface area contributed by atoms with Crippen LogP contribution in [0.2, 0.25) is 5.02 Å². The number of halogens is 1. The summed E-state index contributed by atoms with van der Waals surface area (Å²) >= 11 is 6.22. The number of hydrogen-bond donors (Lipinski definition) is 1. The Labute approximate surface area is 182 Å². The lowest BCUT2D eigenvalue weighted by molar-refractivity contribution is -0.119. The highest BCUT2D eigenvalue weighted by Gasteiger charge is 2.27. The van der Waals surface area contributed by atoms with Gasteiger partial charge >= 0.3 is 0 Å². The van der Waals surface area contributed by atoms with E-state index in [1.54, 1.807) is 36.4 Å². The number of carbonyl (C=O) groups is 1. The fourth-order valence-corrected chi connectivity index (χ4v) is 4.59.